The highest BCUT2D eigenvalue weighted by Gasteiger charge is 2.27. The first kappa shape index (κ1) is 15.0. The van der Waals surface area contributed by atoms with Gasteiger partial charge in [0.2, 0.25) is 0 Å². The molecule has 0 bridgehead atoms. The van der Waals surface area contributed by atoms with Crippen molar-refractivity contribution in [1.82, 2.24) is 10.3 Å². The first-order valence-corrected chi connectivity index (χ1v) is 8.21. The molecule has 1 saturated heterocycles. The summed E-state index contributed by atoms with van der Waals surface area (Å²) < 4.78 is 6.12. The molecule has 2 atom stereocenters. The number of hydrogen-bond acceptors (Lipinski definition) is 3. The summed E-state index contributed by atoms with van der Waals surface area (Å²) in [5.41, 5.74) is 2.47. The van der Waals surface area contributed by atoms with Crippen molar-refractivity contribution in [2.45, 2.75) is 25.7 Å². The maximum absolute atomic E-state index is 6.12. The van der Waals surface area contributed by atoms with Crippen molar-refractivity contribution in [3.05, 3.63) is 59.9 Å². The number of rotatable bonds is 5. The molecule has 0 aliphatic carbocycles. The van der Waals surface area contributed by atoms with Crippen LogP contribution in [-0.2, 0) is 6.42 Å². The smallest absolute Gasteiger partial charge is 0.140 e. The second-order valence-electron chi connectivity index (χ2n) is 5.88. The van der Waals surface area contributed by atoms with E-state index in [0.29, 0.717) is 11.8 Å². The first-order valence-electron chi connectivity index (χ1n) is 8.21. The highest BCUT2D eigenvalue weighted by atomic mass is 16.5. The quantitative estimate of drug-likeness (QED) is 0.918. The number of nitrogens with one attached hydrogen (secondary N) is 1. The zero-order valence-corrected chi connectivity index (χ0v) is 13.2. The highest BCUT2D eigenvalue weighted by Crippen LogP contribution is 2.31. The largest absolute Gasteiger partial charge is 0.491 e. The number of piperidine rings is 1. The van der Waals surface area contributed by atoms with Gasteiger partial charge < -0.3 is 10.1 Å². The molecule has 22 heavy (non-hydrogen) atoms. The molecule has 0 saturated carbocycles. The van der Waals surface area contributed by atoms with Crippen molar-refractivity contribution >= 4 is 0 Å². The Balaban J connectivity index is 1.69. The lowest BCUT2D eigenvalue weighted by atomic mass is 9.81. The molecule has 3 rings (SSSR count). The summed E-state index contributed by atoms with van der Waals surface area (Å²) in [7, 11) is 0. The Morgan fingerprint density at radius 2 is 2.05 bits per heavy atom. The lowest BCUT2D eigenvalue weighted by Gasteiger charge is -2.32. The fraction of sp³-hybridized carbons (Fsp3) is 0.421. The molecule has 1 N–H and O–H groups in total. The third kappa shape index (κ3) is 3.47. The van der Waals surface area contributed by atoms with Crippen molar-refractivity contribution in [2.75, 3.05) is 19.7 Å². The molecule has 0 spiro atoms. The van der Waals surface area contributed by atoms with Gasteiger partial charge in [0.15, 0.2) is 0 Å². The summed E-state index contributed by atoms with van der Waals surface area (Å²) in [6.07, 6.45) is 3.91. The Bertz CT molecular complexity index is 585. The number of pyridine rings is 1. The Labute approximate surface area is 132 Å². The summed E-state index contributed by atoms with van der Waals surface area (Å²) in [5.74, 6) is 2.01. The van der Waals surface area contributed by atoms with Gasteiger partial charge in [0, 0.05) is 18.7 Å². The van der Waals surface area contributed by atoms with Crippen LogP contribution in [0.4, 0.5) is 0 Å². The summed E-state index contributed by atoms with van der Waals surface area (Å²) in [5, 5.41) is 3.50. The second kappa shape index (κ2) is 7.41. The van der Waals surface area contributed by atoms with Gasteiger partial charge in [0.25, 0.3) is 0 Å². The summed E-state index contributed by atoms with van der Waals surface area (Å²) in [4.78, 5) is 4.40. The van der Waals surface area contributed by atoms with Crippen LogP contribution in [0.15, 0.2) is 48.7 Å². The summed E-state index contributed by atoms with van der Waals surface area (Å²) in [6, 6.07) is 14.8. The van der Waals surface area contributed by atoms with Gasteiger partial charge in [-0.2, -0.15) is 0 Å². The van der Waals surface area contributed by atoms with Crippen LogP contribution in [0.1, 0.15) is 30.5 Å². The lowest BCUT2D eigenvalue weighted by molar-refractivity contribution is 0.195. The van der Waals surface area contributed by atoms with E-state index in [4.69, 9.17) is 4.74 Å². The Morgan fingerprint density at radius 3 is 2.86 bits per heavy atom. The van der Waals surface area contributed by atoms with Gasteiger partial charge in [-0.3, -0.25) is 4.98 Å². The highest BCUT2D eigenvalue weighted by molar-refractivity contribution is 5.27. The van der Waals surface area contributed by atoms with Crippen LogP contribution >= 0.6 is 0 Å². The van der Waals surface area contributed by atoms with Gasteiger partial charge >= 0.3 is 0 Å². The Kier molecular flexibility index (Phi) is 5.07. The maximum atomic E-state index is 6.12. The SMILES string of the molecule is CCc1ncccc1OCC1CNCCC1c1ccccc1. The van der Waals surface area contributed by atoms with Crippen LogP contribution in [-0.4, -0.2) is 24.7 Å². The van der Waals surface area contributed by atoms with E-state index in [9.17, 15) is 0 Å². The average Bonchev–Trinajstić information content (AvgIpc) is 2.61. The molecule has 3 nitrogen and oxygen atoms in total. The maximum Gasteiger partial charge on any atom is 0.140 e. The van der Waals surface area contributed by atoms with E-state index >= 15 is 0 Å². The molecule has 2 heterocycles. The first-order chi connectivity index (χ1) is 10.9. The minimum atomic E-state index is 0.501. The van der Waals surface area contributed by atoms with Crippen molar-refractivity contribution in [3.8, 4) is 5.75 Å². The predicted molar refractivity (Wildman–Crippen MR) is 89.3 cm³/mol. The topological polar surface area (TPSA) is 34.1 Å². The molecule has 0 radical (unpaired) electrons. The molecular formula is C19H24N2O. The summed E-state index contributed by atoms with van der Waals surface area (Å²) >= 11 is 0. The van der Waals surface area contributed by atoms with Gasteiger partial charge in [-0.05, 0) is 43.0 Å². The molecule has 1 fully saturated rings. The van der Waals surface area contributed by atoms with Crippen molar-refractivity contribution in [1.29, 1.82) is 0 Å². The number of benzene rings is 1. The fourth-order valence-electron chi connectivity index (χ4n) is 3.25. The molecular weight excluding hydrogens is 272 g/mol. The van der Waals surface area contributed by atoms with Crippen LogP contribution in [0.2, 0.25) is 0 Å². The number of aromatic nitrogens is 1. The molecule has 1 aliphatic heterocycles. The Morgan fingerprint density at radius 1 is 1.18 bits per heavy atom. The van der Waals surface area contributed by atoms with Crippen molar-refractivity contribution in [2.24, 2.45) is 5.92 Å². The standard InChI is InChI=1S/C19H24N2O/c1-2-18-19(9-6-11-21-18)22-14-16-13-20-12-10-17(16)15-7-4-3-5-8-15/h3-9,11,16-17,20H,2,10,12-14H2,1H3. The van der Waals surface area contributed by atoms with Crippen molar-refractivity contribution < 1.29 is 4.74 Å². The van der Waals surface area contributed by atoms with Crippen LogP contribution in [0.5, 0.6) is 5.75 Å². The second-order valence-corrected chi connectivity index (χ2v) is 5.88. The molecule has 0 amide bonds. The molecule has 1 aromatic heterocycles. The molecule has 2 aromatic rings. The van der Waals surface area contributed by atoms with E-state index in [1.54, 1.807) is 0 Å². The zero-order chi connectivity index (χ0) is 15.2. The third-order valence-electron chi connectivity index (χ3n) is 4.47. The van der Waals surface area contributed by atoms with Gasteiger partial charge in [-0.1, -0.05) is 37.3 Å². The predicted octanol–water partition coefficient (Wildman–Crippen LogP) is 3.42. The normalized spacial score (nSPS) is 21.5. The Hall–Kier alpha value is -1.87. The van der Waals surface area contributed by atoms with E-state index < -0.39 is 0 Å². The molecule has 3 heteroatoms. The minimum Gasteiger partial charge on any atom is -0.491 e. The summed E-state index contributed by atoms with van der Waals surface area (Å²) in [6.45, 7) is 4.96. The van der Waals surface area contributed by atoms with Crippen LogP contribution < -0.4 is 10.1 Å². The van der Waals surface area contributed by atoms with E-state index in [1.165, 1.54) is 12.0 Å². The monoisotopic (exact) mass is 296 g/mol. The number of hydrogen-bond donors (Lipinski definition) is 1. The van der Waals surface area contributed by atoms with E-state index in [-0.39, 0.29) is 0 Å². The molecule has 2 unspecified atom stereocenters. The minimum absolute atomic E-state index is 0.501. The van der Waals surface area contributed by atoms with Crippen molar-refractivity contribution in [3.63, 3.8) is 0 Å². The van der Waals surface area contributed by atoms with Crippen LogP contribution in [0.3, 0.4) is 0 Å². The molecule has 1 aromatic carbocycles. The average molecular weight is 296 g/mol. The molecule has 116 valence electrons. The lowest BCUT2D eigenvalue weighted by Crippen LogP contribution is -2.38. The number of nitrogens with zero attached hydrogens (tertiary/aromatic N) is 1. The van der Waals surface area contributed by atoms with Crippen LogP contribution in [0.25, 0.3) is 0 Å². The van der Waals surface area contributed by atoms with Gasteiger partial charge in [0.05, 0.1) is 12.3 Å². The zero-order valence-electron chi connectivity index (χ0n) is 13.2. The van der Waals surface area contributed by atoms with E-state index in [1.807, 2.05) is 18.3 Å². The number of ether oxygens (including phenoxy) is 1. The van der Waals surface area contributed by atoms with Crippen LogP contribution in [0, 0.1) is 5.92 Å². The molecule has 1 aliphatic rings. The third-order valence-corrected chi connectivity index (χ3v) is 4.47. The number of aryl methyl sites for hydroxylation is 1. The van der Waals surface area contributed by atoms with Gasteiger partial charge in [0.1, 0.15) is 5.75 Å². The van der Waals surface area contributed by atoms with Gasteiger partial charge in [-0.25, -0.2) is 0 Å². The van der Waals surface area contributed by atoms with Gasteiger partial charge in [-0.15, -0.1) is 0 Å². The van der Waals surface area contributed by atoms with E-state index in [2.05, 4.69) is 47.6 Å². The fourth-order valence-corrected chi connectivity index (χ4v) is 3.25. The van der Waals surface area contributed by atoms with E-state index in [0.717, 1.165) is 37.6 Å².